The minimum Gasteiger partial charge on any atom is -0.386 e. The summed E-state index contributed by atoms with van der Waals surface area (Å²) < 4.78 is 47.2. The largest absolute Gasteiger partial charge is 0.386 e. The minimum atomic E-state index is -4.72. The van der Waals surface area contributed by atoms with Crippen LogP contribution < -0.4 is 10.5 Å². The monoisotopic (exact) mass is 229 g/mol. The van der Waals surface area contributed by atoms with Crippen LogP contribution in [0.4, 0.5) is 8.78 Å². The van der Waals surface area contributed by atoms with Crippen molar-refractivity contribution in [1.29, 1.82) is 5.41 Å². The Kier molecular flexibility index (Phi) is 3.95. The topological polar surface area (TPSA) is 96.0 Å². The predicted molar refractivity (Wildman–Crippen MR) is 48.7 cm³/mol. The van der Waals surface area contributed by atoms with E-state index in [0.29, 0.717) is 0 Å². The van der Waals surface area contributed by atoms with Gasteiger partial charge in [0.25, 0.3) is 10.0 Å². The molecule has 5 nitrogen and oxygen atoms in total. The third-order valence-electron chi connectivity index (χ3n) is 1.90. The molecule has 1 unspecified atom stereocenters. The van der Waals surface area contributed by atoms with Gasteiger partial charge in [0.1, 0.15) is 5.84 Å². The highest BCUT2D eigenvalue weighted by atomic mass is 32.2. The van der Waals surface area contributed by atoms with Crippen LogP contribution in [0.25, 0.3) is 0 Å². The number of sulfonamides is 1. The summed E-state index contributed by atoms with van der Waals surface area (Å²) in [5.41, 5.74) is 3.65. The average molecular weight is 229 g/mol. The van der Waals surface area contributed by atoms with E-state index in [9.17, 15) is 17.2 Å². The van der Waals surface area contributed by atoms with Crippen LogP contribution in [0.2, 0.25) is 0 Å². The third-order valence-corrected chi connectivity index (χ3v) is 3.11. The molecule has 0 radical (unpaired) electrons. The summed E-state index contributed by atoms with van der Waals surface area (Å²) in [4.78, 5) is 0. The van der Waals surface area contributed by atoms with Gasteiger partial charge in [-0.25, -0.2) is 8.42 Å². The van der Waals surface area contributed by atoms with Gasteiger partial charge in [-0.05, 0) is 13.3 Å². The van der Waals surface area contributed by atoms with E-state index < -0.39 is 27.2 Å². The van der Waals surface area contributed by atoms with Gasteiger partial charge in [-0.2, -0.15) is 13.5 Å². The second kappa shape index (κ2) is 4.18. The Hall–Kier alpha value is -0.760. The fourth-order valence-corrected chi connectivity index (χ4v) is 1.65. The molecule has 0 bridgehead atoms. The Morgan fingerprint density at radius 1 is 1.64 bits per heavy atom. The molecule has 0 saturated carbocycles. The van der Waals surface area contributed by atoms with E-state index in [0.717, 1.165) is 0 Å². The maximum absolute atomic E-state index is 12.0. The molecule has 0 aromatic rings. The lowest BCUT2D eigenvalue weighted by molar-refractivity contribution is 0.230. The maximum atomic E-state index is 12.0. The van der Waals surface area contributed by atoms with Crippen LogP contribution in [-0.4, -0.2) is 25.5 Å². The van der Waals surface area contributed by atoms with Crippen LogP contribution >= 0.6 is 0 Å². The number of rotatable bonds is 5. The summed E-state index contributed by atoms with van der Waals surface area (Å²) in [6, 6.07) is 0. The van der Waals surface area contributed by atoms with Gasteiger partial charge in [0.2, 0.25) is 0 Å². The summed E-state index contributed by atoms with van der Waals surface area (Å²) in [5, 5.41) is 7.08. The molecule has 0 aliphatic carbocycles. The predicted octanol–water partition coefficient (Wildman–Crippen LogP) is 0.233. The molecule has 0 heterocycles. The van der Waals surface area contributed by atoms with E-state index in [4.69, 9.17) is 11.1 Å². The lowest BCUT2D eigenvalue weighted by atomic mass is 10.00. The molecule has 0 aromatic carbocycles. The number of hydrogen-bond acceptors (Lipinski definition) is 3. The maximum Gasteiger partial charge on any atom is 0.350 e. The summed E-state index contributed by atoms with van der Waals surface area (Å²) >= 11 is 0. The van der Waals surface area contributed by atoms with Gasteiger partial charge in [-0.3, -0.25) is 5.41 Å². The molecule has 0 aliphatic heterocycles. The van der Waals surface area contributed by atoms with Crippen LogP contribution in [-0.2, 0) is 10.0 Å². The second-order valence-corrected chi connectivity index (χ2v) is 4.66. The van der Waals surface area contributed by atoms with Gasteiger partial charge in [0, 0.05) is 0 Å². The molecule has 4 N–H and O–H groups in total. The lowest BCUT2D eigenvalue weighted by Crippen LogP contribution is -2.55. The summed E-state index contributed by atoms with van der Waals surface area (Å²) in [6.07, 6.45) is 0.119. The molecule has 0 spiro atoms. The van der Waals surface area contributed by atoms with Crippen LogP contribution in [0.15, 0.2) is 0 Å². The van der Waals surface area contributed by atoms with Crippen LogP contribution in [0.1, 0.15) is 20.3 Å². The molecule has 1 atom stereocenters. The molecule has 84 valence electrons. The fourth-order valence-electron chi connectivity index (χ4n) is 0.676. The molecular formula is C6H13F2N3O2S. The number of halogens is 2. The van der Waals surface area contributed by atoms with Gasteiger partial charge in [-0.1, -0.05) is 6.92 Å². The van der Waals surface area contributed by atoms with Crippen molar-refractivity contribution in [2.24, 2.45) is 5.73 Å². The highest BCUT2D eigenvalue weighted by Crippen LogP contribution is 2.13. The minimum absolute atomic E-state index is 0.119. The summed E-state index contributed by atoms with van der Waals surface area (Å²) in [6.45, 7) is 2.81. The summed E-state index contributed by atoms with van der Waals surface area (Å²) in [5.74, 6) is -4.02. The lowest BCUT2D eigenvalue weighted by Gasteiger charge is -2.27. The van der Waals surface area contributed by atoms with E-state index in [2.05, 4.69) is 0 Å². The summed E-state index contributed by atoms with van der Waals surface area (Å²) in [7, 11) is -4.72. The van der Waals surface area contributed by atoms with E-state index in [1.165, 1.54) is 13.8 Å². The van der Waals surface area contributed by atoms with Crippen molar-refractivity contribution in [2.75, 3.05) is 0 Å². The normalized spacial score (nSPS) is 16.6. The van der Waals surface area contributed by atoms with Crippen LogP contribution in [0.5, 0.6) is 0 Å². The zero-order chi connectivity index (χ0) is 11.6. The zero-order valence-electron chi connectivity index (χ0n) is 7.84. The van der Waals surface area contributed by atoms with Crippen molar-refractivity contribution in [3.05, 3.63) is 0 Å². The first-order valence-electron chi connectivity index (χ1n) is 3.81. The number of amidine groups is 1. The van der Waals surface area contributed by atoms with Crippen molar-refractivity contribution < 1.29 is 17.2 Å². The Morgan fingerprint density at radius 2 is 2.07 bits per heavy atom. The molecule has 0 aromatic heterocycles. The highest BCUT2D eigenvalue weighted by Gasteiger charge is 2.35. The first-order valence-corrected chi connectivity index (χ1v) is 5.36. The van der Waals surface area contributed by atoms with Crippen molar-refractivity contribution in [2.45, 2.75) is 31.6 Å². The molecular weight excluding hydrogens is 216 g/mol. The second-order valence-electron chi connectivity index (χ2n) is 3.01. The van der Waals surface area contributed by atoms with Crippen LogP contribution in [0, 0.1) is 5.41 Å². The molecule has 0 saturated heterocycles. The Morgan fingerprint density at radius 3 is 2.29 bits per heavy atom. The zero-order valence-corrected chi connectivity index (χ0v) is 8.66. The Labute approximate surface area is 81.2 Å². The number of nitrogens with two attached hydrogens (primary N) is 1. The van der Waals surface area contributed by atoms with E-state index in [1.54, 1.807) is 4.72 Å². The first kappa shape index (κ1) is 13.2. The van der Waals surface area contributed by atoms with Crippen molar-refractivity contribution in [3.8, 4) is 0 Å². The molecule has 0 rings (SSSR count). The van der Waals surface area contributed by atoms with Crippen LogP contribution in [0.3, 0.4) is 0 Å². The Bertz CT molecular complexity index is 317. The van der Waals surface area contributed by atoms with Crippen molar-refractivity contribution >= 4 is 15.9 Å². The van der Waals surface area contributed by atoms with E-state index >= 15 is 0 Å². The van der Waals surface area contributed by atoms with E-state index in [1.807, 2.05) is 0 Å². The molecule has 0 fully saturated rings. The SMILES string of the molecule is CCC(C)(NS(=O)(=O)C(F)F)C(=N)N. The molecule has 0 aliphatic rings. The van der Waals surface area contributed by atoms with Crippen molar-refractivity contribution in [1.82, 2.24) is 4.72 Å². The molecule has 8 heteroatoms. The van der Waals surface area contributed by atoms with Gasteiger partial charge in [-0.15, -0.1) is 0 Å². The van der Waals surface area contributed by atoms with E-state index in [-0.39, 0.29) is 6.42 Å². The van der Waals surface area contributed by atoms with Gasteiger partial charge in [0.05, 0.1) is 5.54 Å². The highest BCUT2D eigenvalue weighted by molar-refractivity contribution is 7.89. The first-order chi connectivity index (χ1) is 6.15. The van der Waals surface area contributed by atoms with Gasteiger partial charge in [0.15, 0.2) is 0 Å². The Balaban J connectivity index is 4.90. The number of nitrogens with one attached hydrogen (secondary N) is 2. The third kappa shape index (κ3) is 2.88. The molecule has 0 amide bonds. The smallest absolute Gasteiger partial charge is 0.350 e. The average Bonchev–Trinajstić information content (AvgIpc) is 2.02. The van der Waals surface area contributed by atoms with Gasteiger partial charge < -0.3 is 5.73 Å². The standard InChI is InChI=1S/C6H13F2N3O2S/c1-3-6(2,4(9)10)11-14(12,13)5(7)8/h5,11H,3H2,1-2H3,(H3,9,10). The van der Waals surface area contributed by atoms with Crippen molar-refractivity contribution in [3.63, 3.8) is 0 Å². The fraction of sp³-hybridized carbons (Fsp3) is 0.833. The van der Waals surface area contributed by atoms with Gasteiger partial charge >= 0.3 is 5.76 Å². The number of hydrogen-bond donors (Lipinski definition) is 3. The number of alkyl halides is 2. The quantitative estimate of drug-likeness (QED) is 0.465. The molecule has 14 heavy (non-hydrogen) atoms.